The van der Waals surface area contributed by atoms with E-state index >= 15 is 0 Å². The number of nitrogens with zero attached hydrogens (tertiary/aromatic N) is 2. The second-order valence-corrected chi connectivity index (χ2v) is 9.73. The first-order valence-electron chi connectivity index (χ1n) is 12.6. The molecule has 2 N–H and O–H groups in total. The lowest BCUT2D eigenvalue weighted by molar-refractivity contribution is -0.154. The molecule has 1 saturated carbocycles. The molecule has 0 aromatic heterocycles. The molecule has 1 unspecified atom stereocenters. The number of carbonyl (C=O) groups is 3. The molecule has 3 aliphatic rings. The second kappa shape index (κ2) is 10.3. The number of benzene rings is 2. The average molecular weight is 492 g/mol. The van der Waals surface area contributed by atoms with Crippen molar-refractivity contribution in [2.75, 3.05) is 18.1 Å². The lowest BCUT2D eigenvalue weighted by atomic mass is 9.85. The van der Waals surface area contributed by atoms with Crippen LogP contribution in [0.5, 0.6) is 0 Å². The molecule has 2 aliphatic heterocycles. The Morgan fingerprint density at radius 2 is 1.81 bits per heavy atom. The van der Waals surface area contributed by atoms with Gasteiger partial charge in [-0.3, -0.25) is 19.7 Å². The number of amides is 2. The molecule has 2 amide bonds. The normalized spacial score (nSPS) is 23.3. The first kappa shape index (κ1) is 24.3. The number of anilines is 1. The highest BCUT2D eigenvalue weighted by Gasteiger charge is 2.50. The number of nitrogens with one attached hydrogen (secondary N) is 1. The number of fused-ring (bicyclic) bond motifs is 1. The van der Waals surface area contributed by atoms with Gasteiger partial charge in [-0.15, -0.1) is 0 Å². The molecular formula is C28H30FN3O4. The Morgan fingerprint density at radius 3 is 2.53 bits per heavy atom. The Kier molecular flexibility index (Phi) is 6.98. The summed E-state index contributed by atoms with van der Waals surface area (Å²) >= 11 is 0. The van der Waals surface area contributed by atoms with Crippen LogP contribution in [0.2, 0.25) is 0 Å². The summed E-state index contributed by atoms with van der Waals surface area (Å²) in [7, 11) is 0. The molecule has 2 heterocycles. The molecule has 2 aromatic carbocycles. The van der Waals surface area contributed by atoms with Crippen molar-refractivity contribution in [2.24, 2.45) is 0 Å². The molecule has 3 atom stereocenters. The zero-order valence-electron chi connectivity index (χ0n) is 20.0. The van der Waals surface area contributed by atoms with Gasteiger partial charge in [-0.1, -0.05) is 61.7 Å². The van der Waals surface area contributed by atoms with Crippen molar-refractivity contribution in [3.63, 3.8) is 0 Å². The summed E-state index contributed by atoms with van der Waals surface area (Å²) in [6.07, 6.45) is 9.39. The number of aliphatic hydroxyl groups excluding tert-OH is 1. The minimum Gasteiger partial charge on any atom is -0.395 e. The highest BCUT2D eigenvalue weighted by molar-refractivity contribution is 6.52. The summed E-state index contributed by atoms with van der Waals surface area (Å²) in [5.41, 5.74) is 1.36. The van der Waals surface area contributed by atoms with Crippen LogP contribution in [0.15, 0.2) is 54.6 Å². The van der Waals surface area contributed by atoms with Crippen LogP contribution in [0, 0.1) is 5.82 Å². The summed E-state index contributed by atoms with van der Waals surface area (Å²) < 4.78 is 13.6. The van der Waals surface area contributed by atoms with Gasteiger partial charge in [0, 0.05) is 18.6 Å². The molecule has 1 aliphatic carbocycles. The van der Waals surface area contributed by atoms with Gasteiger partial charge in [0.2, 0.25) is 5.91 Å². The average Bonchev–Trinajstić information content (AvgIpc) is 3.13. The number of hydrogen-bond donors (Lipinski definition) is 2. The van der Waals surface area contributed by atoms with Crippen molar-refractivity contribution in [2.45, 2.75) is 56.3 Å². The van der Waals surface area contributed by atoms with Crippen LogP contribution in [0.25, 0.3) is 6.08 Å². The summed E-state index contributed by atoms with van der Waals surface area (Å²) in [6.45, 7) is -0.348. The zero-order chi connectivity index (χ0) is 25.2. The largest absolute Gasteiger partial charge is 0.395 e. The summed E-state index contributed by atoms with van der Waals surface area (Å²) in [5, 5.41) is 13.3. The standard InChI is InChI=1S/C28H30FN3O4/c29-19-12-14-23-22(15-19)26(34)28(36)31(23)16-20(17-33)30-25-24(13-11-18-7-3-1-4-8-18)32(27(25)35)21-9-5-2-6-10-21/h1,3-4,7-8,11-15,20-21,24-25,30,33H,2,5-6,9-10,16-17H2/b13-11+/t20?,24-,25+/m0/s1. The maximum atomic E-state index is 13.6. The predicted molar refractivity (Wildman–Crippen MR) is 134 cm³/mol. The smallest absolute Gasteiger partial charge is 0.299 e. The van der Waals surface area contributed by atoms with Gasteiger partial charge in [0.25, 0.3) is 11.7 Å². The van der Waals surface area contributed by atoms with E-state index in [9.17, 15) is 23.9 Å². The Labute approximate surface area is 209 Å². The van der Waals surface area contributed by atoms with E-state index in [1.165, 1.54) is 23.5 Å². The third-order valence-electron chi connectivity index (χ3n) is 7.41. The molecular weight excluding hydrogens is 461 g/mol. The van der Waals surface area contributed by atoms with Crippen LogP contribution in [0.1, 0.15) is 48.0 Å². The van der Waals surface area contributed by atoms with Gasteiger partial charge >= 0.3 is 0 Å². The van der Waals surface area contributed by atoms with Gasteiger partial charge in [0.1, 0.15) is 11.9 Å². The topological polar surface area (TPSA) is 90.0 Å². The fourth-order valence-electron chi connectivity index (χ4n) is 5.55. The number of β-lactam (4-membered cyclic amide) rings is 1. The van der Waals surface area contributed by atoms with E-state index in [1.54, 1.807) is 0 Å². The molecule has 0 bridgehead atoms. The molecule has 0 spiro atoms. The fraction of sp³-hybridized carbons (Fsp3) is 0.393. The first-order chi connectivity index (χ1) is 17.5. The van der Waals surface area contributed by atoms with E-state index in [1.807, 2.05) is 47.4 Å². The molecule has 5 rings (SSSR count). The quantitative estimate of drug-likeness (QED) is 0.438. The van der Waals surface area contributed by atoms with E-state index in [4.69, 9.17) is 0 Å². The number of Topliss-reactive ketones (excluding diaryl/α,β-unsaturated/α-hetero) is 1. The van der Waals surface area contributed by atoms with Gasteiger partial charge in [0.15, 0.2) is 0 Å². The van der Waals surface area contributed by atoms with E-state index in [2.05, 4.69) is 5.32 Å². The van der Waals surface area contributed by atoms with Crippen LogP contribution >= 0.6 is 0 Å². The van der Waals surface area contributed by atoms with Crippen molar-refractivity contribution in [3.8, 4) is 0 Å². The minimum atomic E-state index is -0.770. The molecule has 2 aromatic rings. The summed E-state index contributed by atoms with van der Waals surface area (Å²) in [4.78, 5) is 41.4. The van der Waals surface area contributed by atoms with Crippen molar-refractivity contribution in [3.05, 3.63) is 71.6 Å². The maximum Gasteiger partial charge on any atom is 0.299 e. The number of carbonyl (C=O) groups excluding carboxylic acids is 3. The van der Waals surface area contributed by atoms with Crippen molar-refractivity contribution in [1.29, 1.82) is 0 Å². The number of aliphatic hydroxyl groups is 1. The first-order valence-corrected chi connectivity index (χ1v) is 12.6. The molecule has 8 heteroatoms. The Bertz CT molecular complexity index is 1180. The van der Waals surface area contributed by atoms with Crippen molar-refractivity contribution < 1.29 is 23.9 Å². The number of halogens is 1. The van der Waals surface area contributed by atoms with E-state index in [0.29, 0.717) is 5.69 Å². The van der Waals surface area contributed by atoms with Crippen molar-refractivity contribution in [1.82, 2.24) is 10.2 Å². The van der Waals surface area contributed by atoms with Crippen LogP contribution in [0.4, 0.5) is 10.1 Å². The van der Waals surface area contributed by atoms with Gasteiger partial charge in [-0.05, 0) is 36.6 Å². The van der Waals surface area contributed by atoms with E-state index < -0.39 is 29.6 Å². The maximum absolute atomic E-state index is 13.6. The lowest BCUT2D eigenvalue weighted by Gasteiger charge is -2.52. The molecule has 36 heavy (non-hydrogen) atoms. The lowest BCUT2D eigenvalue weighted by Crippen LogP contribution is -2.73. The highest BCUT2D eigenvalue weighted by atomic mass is 19.1. The van der Waals surface area contributed by atoms with Crippen molar-refractivity contribution >= 4 is 29.4 Å². The number of likely N-dealkylation sites (tertiary alicyclic amines) is 1. The van der Waals surface area contributed by atoms with E-state index in [0.717, 1.165) is 37.3 Å². The van der Waals surface area contributed by atoms with Crippen LogP contribution in [-0.4, -0.2) is 64.9 Å². The third-order valence-corrected chi connectivity index (χ3v) is 7.41. The van der Waals surface area contributed by atoms with Gasteiger partial charge in [0.05, 0.1) is 23.9 Å². The molecule has 188 valence electrons. The molecule has 1 saturated heterocycles. The van der Waals surface area contributed by atoms with Crippen LogP contribution in [-0.2, 0) is 9.59 Å². The Balaban J connectivity index is 1.34. The predicted octanol–water partition coefficient (Wildman–Crippen LogP) is 2.93. The second-order valence-electron chi connectivity index (χ2n) is 9.73. The SMILES string of the molecule is O=C1C(=O)N(CC(CO)N[C@H]2C(=O)N(C3CCCCC3)[C@H]2/C=C/c2ccccc2)c2ccc(F)cc21. The summed E-state index contributed by atoms with van der Waals surface area (Å²) in [5.74, 6) is -2.15. The summed E-state index contributed by atoms with van der Waals surface area (Å²) in [6, 6.07) is 12.3. The number of rotatable bonds is 8. The Morgan fingerprint density at radius 1 is 1.06 bits per heavy atom. The zero-order valence-corrected chi connectivity index (χ0v) is 20.0. The Hall–Kier alpha value is -3.36. The minimum absolute atomic E-state index is 0.0119. The number of hydrogen-bond acceptors (Lipinski definition) is 5. The van der Waals surface area contributed by atoms with Crippen LogP contribution < -0.4 is 10.2 Å². The van der Waals surface area contributed by atoms with Gasteiger partial charge < -0.3 is 14.9 Å². The highest BCUT2D eigenvalue weighted by Crippen LogP contribution is 2.33. The third kappa shape index (κ3) is 4.58. The van der Waals surface area contributed by atoms with Crippen LogP contribution in [0.3, 0.4) is 0 Å². The number of ketones is 1. The monoisotopic (exact) mass is 491 g/mol. The molecule has 7 nitrogen and oxygen atoms in total. The van der Waals surface area contributed by atoms with Gasteiger partial charge in [-0.2, -0.15) is 0 Å². The van der Waals surface area contributed by atoms with Gasteiger partial charge in [-0.25, -0.2) is 4.39 Å². The fourth-order valence-corrected chi connectivity index (χ4v) is 5.55. The van der Waals surface area contributed by atoms with E-state index in [-0.39, 0.29) is 36.7 Å². The molecule has 2 fully saturated rings. The molecule has 0 radical (unpaired) electrons.